The number of aryl methyl sites for hydroxylation is 1. The average Bonchev–Trinajstić information content (AvgIpc) is 3.18. The van der Waals surface area contributed by atoms with Gasteiger partial charge in [-0.05, 0) is 49.3 Å². The second-order valence-electron chi connectivity index (χ2n) is 7.05. The molecule has 0 saturated heterocycles. The van der Waals surface area contributed by atoms with Crippen LogP contribution in [0.25, 0.3) is 10.2 Å². The third kappa shape index (κ3) is 5.75. The van der Waals surface area contributed by atoms with E-state index in [9.17, 15) is 14.9 Å². The van der Waals surface area contributed by atoms with Gasteiger partial charge in [-0.1, -0.05) is 49.8 Å². The van der Waals surface area contributed by atoms with Crippen LogP contribution in [0.1, 0.15) is 36.7 Å². The Hall–Kier alpha value is -2.26. The third-order valence-corrected chi connectivity index (χ3v) is 6.52. The minimum Gasteiger partial charge on any atom is -0.302 e. The van der Waals surface area contributed by atoms with Crippen molar-refractivity contribution in [1.29, 1.82) is 0 Å². The summed E-state index contributed by atoms with van der Waals surface area (Å²) in [4.78, 5) is 32.9. The van der Waals surface area contributed by atoms with Crippen molar-refractivity contribution in [2.45, 2.75) is 27.2 Å². The van der Waals surface area contributed by atoms with Crippen molar-refractivity contribution in [2.75, 3.05) is 31.1 Å². The fourth-order valence-corrected chi connectivity index (χ4v) is 4.57. The number of likely N-dealkylation sites (N-methyl/N-ethyl adjacent to an activating group) is 1. The van der Waals surface area contributed by atoms with E-state index in [1.54, 1.807) is 0 Å². The van der Waals surface area contributed by atoms with E-state index in [-0.39, 0.29) is 28.7 Å². The Kier molecular flexibility index (Phi) is 9.39. The van der Waals surface area contributed by atoms with Crippen molar-refractivity contribution >= 4 is 62.3 Å². The molecule has 0 saturated carbocycles. The van der Waals surface area contributed by atoms with E-state index in [2.05, 4.69) is 36.7 Å². The fourth-order valence-electron chi connectivity index (χ4n) is 3.34. The van der Waals surface area contributed by atoms with Gasteiger partial charge in [-0.15, -0.1) is 12.4 Å². The number of nitro groups is 1. The molecule has 0 atom stereocenters. The maximum atomic E-state index is 13.5. The van der Waals surface area contributed by atoms with E-state index in [0.29, 0.717) is 18.2 Å². The Morgan fingerprint density at radius 3 is 2.47 bits per heavy atom. The Balaban J connectivity index is 0.00000363. The van der Waals surface area contributed by atoms with Gasteiger partial charge in [-0.25, -0.2) is 4.98 Å². The Labute approximate surface area is 202 Å². The summed E-state index contributed by atoms with van der Waals surface area (Å²) in [7, 11) is 0. The highest BCUT2D eigenvalue weighted by atomic mass is 35.5. The highest BCUT2D eigenvalue weighted by Gasteiger charge is 2.28. The standard InChI is InChI=1S/C22H25ClN4O3S.ClH/c1-4-15-7-9-18-20(13-15)31-22(24-18)26(12-11-25(5-2)6-3)21(28)17-14-16(23)8-10-19(17)27(29)30;/h7-10,13-14H,4-6,11-12H2,1-3H3;1H. The first-order valence-electron chi connectivity index (χ1n) is 10.3. The number of aromatic nitrogens is 1. The molecule has 1 aromatic heterocycles. The van der Waals surface area contributed by atoms with Crippen molar-refractivity contribution in [3.8, 4) is 0 Å². The number of anilines is 1. The summed E-state index contributed by atoms with van der Waals surface area (Å²) in [5.74, 6) is -0.476. The van der Waals surface area contributed by atoms with E-state index >= 15 is 0 Å². The molecular weight excluding hydrogens is 471 g/mol. The topological polar surface area (TPSA) is 79.6 Å². The predicted molar refractivity (Wildman–Crippen MR) is 134 cm³/mol. The summed E-state index contributed by atoms with van der Waals surface area (Å²) in [5, 5.41) is 12.3. The van der Waals surface area contributed by atoms with Crippen LogP contribution in [0, 0.1) is 10.1 Å². The Bertz CT molecular complexity index is 1100. The van der Waals surface area contributed by atoms with Crippen LogP contribution in [0.4, 0.5) is 10.8 Å². The molecule has 0 bridgehead atoms. The van der Waals surface area contributed by atoms with Crippen molar-refractivity contribution < 1.29 is 9.72 Å². The number of amides is 1. The molecule has 1 heterocycles. The average molecular weight is 497 g/mol. The summed E-state index contributed by atoms with van der Waals surface area (Å²) in [6, 6.07) is 10.1. The summed E-state index contributed by atoms with van der Waals surface area (Å²) < 4.78 is 0.982. The molecule has 0 N–H and O–H groups in total. The zero-order chi connectivity index (χ0) is 22.5. The number of rotatable bonds is 9. The molecule has 3 aromatic rings. The lowest BCUT2D eigenvalue weighted by atomic mass is 10.1. The number of fused-ring (bicyclic) bond motifs is 1. The molecule has 0 unspecified atom stereocenters. The van der Waals surface area contributed by atoms with Gasteiger partial charge in [0.25, 0.3) is 11.6 Å². The van der Waals surface area contributed by atoms with Gasteiger partial charge in [0.1, 0.15) is 5.56 Å². The zero-order valence-corrected chi connectivity index (χ0v) is 20.6. The predicted octanol–water partition coefficient (Wildman–Crippen LogP) is 5.83. The molecule has 0 spiro atoms. The van der Waals surface area contributed by atoms with Crippen LogP contribution in [0.15, 0.2) is 36.4 Å². The van der Waals surface area contributed by atoms with Crippen LogP contribution in [0.5, 0.6) is 0 Å². The Morgan fingerprint density at radius 2 is 1.84 bits per heavy atom. The molecule has 0 fully saturated rings. The smallest absolute Gasteiger partial charge is 0.282 e. The van der Waals surface area contributed by atoms with Crippen molar-refractivity contribution in [2.24, 2.45) is 0 Å². The van der Waals surface area contributed by atoms with Gasteiger partial charge < -0.3 is 4.90 Å². The zero-order valence-electron chi connectivity index (χ0n) is 18.2. The number of hydrogen-bond acceptors (Lipinski definition) is 6. The highest BCUT2D eigenvalue weighted by Crippen LogP contribution is 2.32. The highest BCUT2D eigenvalue weighted by molar-refractivity contribution is 7.22. The molecular formula is C22H26Cl2N4O3S. The summed E-state index contributed by atoms with van der Waals surface area (Å²) in [5.41, 5.74) is 1.69. The first-order chi connectivity index (χ1) is 14.9. The van der Waals surface area contributed by atoms with E-state index in [0.717, 1.165) is 29.7 Å². The van der Waals surface area contributed by atoms with E-state index in [1.165, 1.54) is 40.0 Å². The monoisotopic (exact) mass is 496 g/mol. The van der Waals surface area contributed by atoms with Gasteiger partial charge in [0, 0.05) is 24.2 Å². The molecule has 32 heavy (non-hydrogen) atoms. The molecule has 2 aromatic carbocycles. The lowest BCUT2D eigenvalue weighted by Gasteiger charge is -2.24. The molecule has 3 rings (SSSR count). The summed E-state index contributed by atoms with van der Waals surface area (Å²) in [6.07, 6.45) is 0.905. The van der Waals surface area contributed by atoms with Gasteiger partial charge >= 0.3 is 0 Å². The quantitative estimate of drug-likeness (QED) is 0.275. The lowest BCUT2D eigenvalue weighted by Crippen LogP contribution is -2.39. The van der Waals surface area contributed by atoms with Crippen LogP contribution < -0.4 is 4.90 Å². The minimum absolute atomic E-state index is 0. The van der Waals surface area contributed by atoms with Crippen LogP contribution in [-0.2, 0) is 6.42 Å². The van der Waals surface area contributed by atoms with E-state index < -0.39 is 10.8 Å². The number of thiazole rings is 1. The first kappa shape index (κ1) is 26.0. The second-order valence-corrected chi connectivity index (χ2v) is 8.50. The van der Waals surface area contributed by atoms with Gasteiger partial charge in [-0.3, -0.25) is 19.8 Å². The van der Waals surface area contributed by atoms with Crippen molar-refractivity contribution in [3.05, 3.63) is 62.7 Å². The normalized spacial score (nSPS) is 10.9. The van der Waals surface area contributed by atoms with Gasteiger partial charge in [-0.2, -0.15) is 0 Å². The number of halogens is 2. The summed E-state index contributed by atoms with van der Waals surface area (Å²) >= 11 is 7.49. The fraction of sp³-hybridized carbons (Fsp3) is 0.364. The number of carbonyl (C=O) groups excluding carboxylic acids is 1. The van der Waals surface area contributed by atoms with Crippen LogP contribution in [-0.4, -0.2) is 46.9 Å². The van der Waals surface area contributed by atoms with Gasteiger partial charge in [0.15, 0.2) is 5.13 Å². The summed E-state index contributed by atoms with van der Waals surface area (Å²) in [6.45, 7) is 8.88. The maximum Gasteiger partial charge on any atom is 0.282 e. The van der Waals surface area contributed by atoms with Crippen LogP contribution in [0.3, 0.4) is 0 Å². The molecule has 0 aliphatic carbocycles. The van der Waals surface area contributed by atoms with Crippen LogP contribution >= 0.6 is 35.3 Å². The van der Waals surface area contributed by atoms with Crippen LogP contribution in [0.2, 0.25) is 5.02 Å². The number of hydrogen-bond donors (Lipinski definition) is 0. The van der Waals surface area contributed by atoms with Gasteiger partial charge in [0.2, 0.25) is 0 Å². The van der Waals surface area contributed by atoms with Gasteiger partial charge in [0.05, 0.1) is 15.1 Å². The van der Waals surface area contributed by atoms with E-state index in [4.69, 9.17) is 11.6 Å². The SMILES string of the molecule is CCc1ccc2nc(N(CCN(CC)CC)C(=O)c3cc(Cl)ccc3[N+](=O)[O-])sc2c1.Cl. The number of benzene rings is 2. The molecule has 0 radical (unpaired) electrons. The largest absolute Gasteiger partial charge is 0.302 e. The number of nitro benzene ring substituents is 1. The van der Waals surface area contributed by atoms with Crippen molar-refractivity contribution in [3.63, 3.8) is 0 Å². The minimum atomic E-state index is -0.558. The molecule has 0 aliphatic heterocycles. The maximum absolute atomic E-state index is 13.5. The number of carbonyl (C=O) groups is 1. The third-order valence-electron chi connectivity index (χ3n) is 5.25. The second kappa shape index (κ2) is 11.6. The Morgan fingerprint density at radius 1 is 1.12 bits per heavy atom. The van der Waals surface area contributed by atoms with Crippen molar-refractivity contribution in [1.82, 2.24) is 9.88 Å². The molecule has 7 nitrogen and oxygen atoms in total. The molecule has 172 valence electrons. The lowest BCUT2D eigenvalue weighted by molar-refractivity contribution is -0.385. The van der Waals surface area contributed by atoms with E-state index in [1.807, 2.05) is 12.1 Å². The first-order valence-corrected chi connectivity index (χ1v) is 11.4. The number of nitrogens with zero attached hydrogens (tertiary/aromatic N) is 4. The molecule has 10 heteroatoms. The molecule has 1 amide bonds. The molecule has 0 aliphatic rings.